The normalized spacial score (nSPS) is 11.9. The molecular formula is C12H18N2O3. The Labute approximate surface area is 101 Å². The summed E-state index contributed by atoms with van der Waals surface area (Å²) >= 11 is 0. The number of methoxy groups -OCH3 is 2. The molecule has 1 rings (SSSR count). The molecule has 0 spiro atoms. The van der Waals surface area contributed by atoms with Gasteiger partial charge in [-0.2, -0.15) is 0 Å². The summed E-state index contributed by atoms with van der Waals surface area (Å²) < 4.78 is 9.73. The van der Waals surface area contributed by atoms with Gasteiger partial charge in [0, 0.05) is 12.3 Å². The number of ether oxygens (including phenoxy) is 2. The minimum Gasteiger partial charge on any atom is -0.481 e. The van der Waals surface area contributed by atoms with Crippen LogP contribution in [0.1, 0.15) is 24.9 Å². The molecule has 1 aromatic heterocycles. The summed E-state index contributed by atoms with van der Waals surface area (Å²) in [5, 5.41) is 3.12. The number of esters is 1. The lowest BCUT2D eigenvalue weighted by Crippen LogP contribution is -2.30. The molecule has 0 aliphatic carbocycles. The van der Waals surface area contributed by atoms with E-state index in [4.69, 9.17) is 9.47 Å². The first-order chi connectivity index (χ1) is 8.22. The smallest absolute Gasteiger partial charge is 0.327 e. The molecule has 5 heteroatoms. The van der Waals surface area contributed by atoms with Crippen LogP contribution in [0, 0.1) is 0 Å². The molecule has 0 saturated heterocycles. The van der Waals surface area contributed by atoms with E-state index >= 15 is 0 Å². The molecule has 1 unspecified atom stereocenters. The summed E-state index contributed by atoms with van der Waals surface area (Å²) in [6, 6.07) is 3.05. The first-order valence-corrected chi connectivity index (χ1v) is 5.54. The van der Waals surface area contributed by atoms with E-state index in [1.807, 2.05) is 6.92 Å². The number of pyridine rings is 1. The van der Waals surface area contributed by atoms with Crippen molar-refractivity contribution in [3.8, 4) is 5.88 Å². The van der Waals surface area contributed by atoms with Gasteiger partial charge in [-0.1, -0.05) is 6.92 Å². The van der Waals surface area contributed by atoms with Crippen molar-refractivity contribution in [1.29, 1.82) is 0 Å². The second-order valence-corrected chi connectivity index (χ2v) is 3.54. The van der Waals surface area contributed by atoms with Crippen LogP contribution in [0.15, 0.2) is 18.3 Å². The van der Waals surface area contributed by atoms with Gasteiger partial charge in [0.2, 0.25) is 5.88 Å². The average molecular weight is 238 g/mol. The van der Waals surface area contributed by atoms with Crippen LogP contribution in [0.3, 0.4) is 0 Å². The van der Waals surface area contributed by atoms with Gasteiger partial charge in [-0.25, -0.2) is 9.78 Å². The number of hydrogen-bond acceptors (Lipinski definition) is 5. The highest BCUT2D eigenvalue weighted by atomic mass is 16.5. The maximum atomic E-state index is 11.6. The number of hydrogen-bond donors (Lipinski definition) is 1. The van der Waals surface area contributed by atoms with E-state index in [-0.39, 0.29) is 5.97 Å². The molecular weight excluding hydrogens is 220 g/mol. The zero-order chi connectivity index (χ0) is 12.7. The van der Waals surface area contributed by atoms with Crippen LogP contribution in [0.25, 0.3) is 0 Å². The number of nitrogens with zero attached hydrogens (tertiary/aromatic N) is 1. The first kappa shape index (κ1) is 13.4. The molecule has 0 aromatic carbocycles. The van der Waals surface area contributed by atoms with E-state index < -0.39 is 6.04 Å². The summed E-state index contributed by atoms with van der Waals surface area (Å²) in [4.78, 5) is 15.7. The van der Waals surface area contributed by atoms with Gasteiger partial charge in [0.15, 0.2) is 0 Å². The highest BCUT2D eigenvalue weighted by Crippen LogP contribution is 2.16. The van der Waals surface area contributed by atoms with Crippen LogP contribution >= 0.6 is 0 Å². The monoisotopic (exact) mass is 238 g/mol. The van der Waals surface area contributed by atoms with Crippen molar-refractivity contribution in [2.75, 3.05) is 20.8 Å². The van der Waals surface area contributed by atoms with E-state index in [2.05, 4.69) is 10.3 Å². The molecule has 1 heterocycles. The van der Waals surface area contributed by atoms with Crippen molar-refractivity contribution in [2.45, 2.75) is 19.4 Å². The van der Waals surface area contributed by atoms with Gasteiger partial charge in [0.1, 0.15) is 6.04 Å². The third kappa shape index (κ3) is 3.71. The Morgan fingerprint density at radius 2 is 2.24 bits per heavy atom. The fourth-order valence-electron chi connectivity index (χ4n) is 1.43. The molecule has 1 N–H and O–H groups in total. The number of carbonyl (C=O) groups is 1. The lowest BCUT2D eigenvalue weighted by atomic mass is 10.1. The maximum Gasteiger partial charge on any atom is 0.327 e. The van der Waals surface area contributed by atoms with E-state index in [0.717, 1.165) is 18.5 Å². The van der Waals surface area contributed by atoms with E-state index in [9.17, 15) is 4.79 Å². The van der Waals surface area contributed by atoms with Crippen molar-refractivity contribution in [2.24, 2.45) is 0 Å². The van der Waals surface area contributed by atoms with Crippen molar-refractivity contribution < 1.29 is 14.3 Å². The lowest BCUT2D eigenvalue weighted by Gasteiger charge is -2.16. The highest BCUT2D eigenvalue weighted by Gasteiger charge is 2.20. The van der Waals surface area contributed by atoms with E-state index in [1.54, 1.807) is 25.4 Å². The molecule has 17 heavy (non-hydrogen) atoms. The summed E-state index contributed by atoms with van der Waals surface area (Å²) in [7, 11) is 2.93. The molecule has 0 aliphatic rings. The van der Waals surface area contributed by atoms with Crippen LogP contribution in [0.2, 0.25) is 0 Å². The quantitative estimate of drug-likeness (QED) is 0.757. The van der Waals surface area contributed by atoms with Gasteiger partial charge < -0.3 is 14.8 Å². The predicted octanol–water partition coefficient (Wildman–Crippen LogP) is 1.30. The Kier molecular flexibility index (Phi) is 5.42. The first-order valence-electron chi connectivity index (χ1n) is 5.54. The molecule has 0 radical (unpaired) electrons. The highest BCUT2D eigenvalue weighted by molar-refractivity contribution is 5.77. The van der Waals surface area contributed by atoms with Gasteiger partial charge >= 0.3 is 5.97 Å². The molecule has 0 fully saturated rings. The fourth-order valence-corrected chi connectivity index (χ4v) is 1.43. The summed E-state index contributed by atoms with van der Waals surface area (Å²) in [5.41, 5.74) is 0.770. The van der Waals surface area contributed by atoms with Crippen molar-refractivity contribution in [3.05, 3.63) is 23.9 Å². The van der Waals surface area contributed by atoms with Crippen LogP contribution in [-0.2, 0) is 9.53 Å². The van der Waals surface area contributed by atoms with Crippen molar-refractivity contribution in [1.82, 2.24) is 10.3 Å². The molecule has 0 aliphatic heterocycles. The van der Waals surface area contributed by atoms with E-state index in [0.29, 0.717) is 5.88 Å². The Hall–Kier alpha value is -1.62. The summed E-state index contributed by atoms with van der Waals surface area (Å²) in [5.74, 6) is 0.207. The van der Waals surface area contributed by atoms with Gasteiger partial charge in [-0.15, -0.1) is 0 Å². The van der Waals surface area contributed by atoms with Gasteiger partial charge in [-0.05, 0) is 24.6 Å². The third-order valence-electron chi connectivity index (χ3n) is 2.34. The number of carbonyl (C=O) groups excluding carboxylic acids is 1. The molecule has 0 saturated carbocycles. The second-order valence-electron chi connectivity index (χ2n) is 3.54. The standard InChI is InChI=1S/C12H18N2O3/c1-4-7-13-11(12(15)17-3)9-5-6-10(16-2)14-8-9/h5-6,8,11,13H,4,7H2,1-3H3. The Balaban J connectivity index is 2.83. The van der Waals surface area contributed by atoms with Gasteiger partial charge in [0.05, 0.1) is 14.2 Å². The number of nitrogens with one attached hydrogen (secondary N) is 1. The van der Waals surface area contributed by atoms with Crippen LogP contribution in [0.5, 0.6) is 5.88 Å². The topological polar surface area (TPSA) is 60.5 Å². The fraction of sp³-hybridized carbons (Fsp3) is 0.500. The predicted molar refractivity (Wildman–Crippen MR) is 63.8 cm³/mol. The molecule has 94 valence electrons. The number of rotatable bonds is 6. The van der Waals surface area contributed by atoms with E-state index in [1.165, 1.54) is 7.11 Å². The van der Waals surface area contributed by atoms with Crippen molar-refractivity contribution in [3.63, 3.8) is 0 Å². The summed E-state index contributed by atoms with van der Waals surface area (Å²) in [6.45, 7) is 2.78. The molecule has 1 aromatic rings. The zero-order valence-electron chi connectivity index (χ0n) is 10.4. The Bertz CT molecular complexity index is 351. The molecule has 0 bridgehead atoms. The van der Waals surface area contributed by atoms with Gasteiger partial charge in [0.25, 0.3) is 0 Å². The third-order valence-corrected chi connectivity index (χ3v) is 2.34. The minimum absolute atomic E-state index is 0.314. The lowest BCUT2D eigenvalue weighted by molar-refractivity contribution is -0.143. The Morgan fingerprint density at radius 1 is 1.47 bits per heavy atom. The van der Waals surface area contributed by atoms with Crippen LogP contribution in [0.4, 0.5) is 0 Å². The van der Waals surface area contributed by atoms with Crippen LogP contribution < -0.4 is 10.1 Å². The van der Waals surface area contributed by atoms with Gasteiger partial charge in [-0.3, -0.25) is 0 Å². The number of aromatic nitrogens is 1. The molecule has 1 atom stereocenters. The zero-order valence-corrected chi connectivity index (χ0v) is 10.4. The molecule has 0 amide bonds. The minimum atomic E-state index is -0.474. The average Bonchev–Trinajstić information content (AvgIpc) is 2.39. The van der Waals surface area contributed by atoms with Crippen molar-refractivity contribution >= 4 is 5.97 Å². The SMILES string of the molecule is CCCNC(C(=O)OC)c1ccc(OC)nc1. The largest absolute Gasteiger partial charge is 0.481 e. The Morgan fingerprint density at radius 3 is 2.71 bits per heavy atom. The second kappa shape index (κ2) is 6.85. The maximum absolute atomic E-state index is 11.6. The summed E-state index contributed by atoms with van der Waals surface area (Å²) in [6.07, 6.45) is 2.56. The molecule has 5 nitrogen and oxygen atoms in total. The van der Waals surface area contributed by atoms with Crippen LogP contribution in [-0.4, -0.2) is 31.7 Å².